The van der Waals surface area contributed by atoms with E-state index in [-0.39, 0.29) is 5.91 Å². The van der Waals surface area contributed by atoms with Crippen LogP contribution in [-0.2, 0) is 11.2 Å². The van der Waals surface area contributed by atoms with Crippen LogP contribution in [0.1, 0.15) is 24.0 Å². The van der Waals surface area contributed by atoms with Crippen LogP contribution < -0.4 is 15.6 Å². The molecule has 1 aromatic carbocycles. The summed E-state index contributed by atoms with van der Waals surface area (Å²) in [6.07, 6.45) is 2.28. The fourth-order valence-corrected chi connectivity index (χ4v) is 1.75. The van der Waals surface area contributed by atoms with Crippen LogP contribution in [0.3, 0.4) is 0 Å². The molecule has 4 heteroatoms. The number of amides is 1. The van der Waals surface area contributed by atoms with Crippen molar-refractivity contribution in [2.75, 3.05) is 14.2 Å². The van der Waals surface area contributed by atoms with Gasteiger partial charge in [-0.05, 0) is 37.0 Å². The number of benzene rings is 1. The fraction of sp³-hybridized carbons (Fsp3) is 0.462. The molecule has 0 saturated heterocycles. The van der Waals surface area contributed by atoms with Gasteiger partial charge in [-0.25, -0.2) is 5.43 Å². The number of carbonyl (C=O) groups is 1. The van der Waals surface area contributed by atoms with Gasteiger partial charge in [0.2, 0.25) is 5.91 Å². The van der Waals surface area contributed by atoms with E-state index in [2.05, 4.69) is 16.9 Å². The van der Waals surface area contributed by atoms with Gasteiger partial charge in [0.25, 0.3) is 0 Å². The molecule has 17 heavy (non-hydrogen) atoms. The minimum absolute atomic E-state index is 0.0257. The summed E-state index contributed by atoms with van der Waals surface area (Å²) in [6, 6.07) is 6.12. The Balaban J connectivity index is 2.42. The Hall–Kier alpha value is -1.55. The Morgan fingerprint density at radius 2 is 2.18 bits per heavy atom. The third-order valence-electron chi connectivity index (χ3n) is 2.59. The highest BCUT2D eigenvalue weighted by Gasteiger charge is 2.02. The van der Waals surface area contributed by atoms with Crippen molar-refractivity contribution in [3.63, 3.8) is 0 Å². The van der Waals surface area contributed by atoms with Gasteiger partial charge in [0.1, 0.15) is 5.75 Å². The predicted octanol–water partition coefficient (Wildman–Crippen LogP) is 1.58. The van der Waals surface area contributed by atoms with Gasteiger partial charge < -0.3 is 4.74 Å². The number of ether oxygens (including phenoxy) is 1. The highest BCUT2D eigenvalue weighted by Crippen LogP contribution is 2.19. The molecule has 0 bridgehead atoms. The van der Waals surface area contributed by atoms with Gasteiger partial charge >= 0.3 is 0 Å². The van der Waals surface area contributed by atoms with E-state index >= 15 is 0 Å². The van der Waals surface area contributed by atoms with Crippen molar-refractivity contribution < 1.29 is 9.53 Å². The molecule has 4 nitrogen and oxygen atoms in total. The second-order valence-corrected chi connectivity index (χ2v) is 3.96. The molecule has 94 valence electrons. The summed E-state index contributed by atoms with van der Waals surface area (Å²) in [6.45, 7) is 2.02. The van der Waals surface area contributed by atoms with E-state index in [0.29, 0.717) is 6.42 Å². The quantitative estimate of drug-likeness (QED) is 0.737. The number of methoxy groups -OCH3 is 1. The molecule has 0 aliphatic rings. The van der Waals surface area contributed by atoms with Crippen LogP contribution in [0.4, 0.5) is 0 Å². The average Bonchev–Trinajstić information content (AvgIpc) is 2.29. The number of hydrazine groups is 1. The average molecular weight is 236 g/mol. The Morgan fingerprint density at radius 1 is 1.41 bits per heavy atom. The van der Waals surface area contributed by atoms with Crippen molar-refractivity contribution in [3.8, 4) is 5.75 Å². The molecule has 2 N–H and O–H groups in total. The molecular formula is C13H20N2O2. The molecule has 0 aliphatic carbocycles. The third-order valence-corrected chi connectivity index (χ3v) is 2.59. The zero-order valence-corrected chi connectivity index (χ0v) is 10.7. The van der Waals surface area contributed by atoms with Crippen molar-refractivity contribution in [1.82, 2.24) is 10.9 Å². The first-order valence-electron chi connectivity index (χ1n) is 5.76. The van der Waals surface area contributed by atoms with Crippen LogP contribution in [-0.4, -0.2) is 20.1 Å². The van der Waals surface area contributed by atoms with Crippen LogP contribution in [0, 0.1) is 6.92 Å². The Morgan fingerprint density at radius 3 is 2.76 bits per heavy atom. The summed E-state index contributed by atoms with van der Waals surface area (Å²) < 4.78 is 5.20. The first kappa shape index (κ1) is 13.5. The van der Waals surface area contributed by atoms with Gasteiger partial charge in [0.05, 0.1) is 7.11 Å². The van der Waals surface area contributed by atoms with Crippen molar-refractivity contribution >= 4 is 5.91 Å². The molecule has 0 unspecified atom stereocenters. The van der Waals surface area contributed by atoms with E-state index in [0.717, 1.165) is 24.2 Å². The van der Waals surface area contributed by atoms with Crippen LogP contribution in [0.15, 0.2) is 18.2 Å². The number of aryl methyl sites for hydroxylation is 2. The topological polar surface area (TPSA) is 50.4 Å². The molecule has 1 aromatic rings. The Kier molecular flexibility index (Phi) is 5.49. The van der Waals surface area contributed by atoms with Gasteiger partial charge in [-0.1, -0.05) is 12.1 Å². The minimum atomic E-state index is 0.0257. The van der Waals surface area contributed by atoms with Gasteiger partial charge in [-0.2, -0.15) is 0 Å². The van der Waals surface area contributed by atoms with Crippen LogP contribution in [0.5, 0.6) is 5.75 Å². The number of hydrogen-bond donors (Lipinski definition) is 2. The highest BCUT2D eigenvalue weighted by molar-refractivity contribution is 5.75. The number of rotatable bonds is 6. The molecule has 1 rings (SSSR count). The van der Waals surface area contributed by atoms with Crippen molar-refractivity contribution in [2.45, 2.75) is 26.2 Å². The molecule has 0 aromatic heterocycles. The van der Waals surface area contributed by atoms with Crippen molar-refractivity contribution in [1.29, 1.82) is 0 Å². The van der Waals surface area contributed by atoms with Crippen LogP contribution in [0.25, 0.3) is 0 Å². The SMILES string of the molecule is CNNC(=O)CCCc1ccc(OC)c(C)c1. The van der Waals surface area contributed by atoms with Gasteiger partial charge in [-0.3, -0.25) is 10.2 Å². The summed E-state index contributed by atoms with van der Waals surface area (Å²) in [5, 5.41) is 0. The predicted molar refractivity (Wildman–Crippen MR) is 67.9 cm³/mol. The molecule has 0 saturated carbocycles. The summed E-state index contributed by atoms with van der Waals surface area (Å²) in [4.78, 5) is 11.2. The molecule has 0 aliphatic heterocycles. The molecule has 0 spiro atoms. The van der Waals surface area contributed by atoms with E-state index in [9.17, 15) is 4.79 Å². The normalized spacial score (nSPS) is 10.1. The summed E-state index contributed by atoms with van der Waals surface area (Å²) in [5.41, 5.74) is 7.54. The smallest absolute Gasteiger partial charge is 0.234 e. The lowest BCUT2D eigenvalue weighted by Crippen LogP contribution is -2.33. The first-order chi connectivity index (χ1) is 8.17. The van der Waals surface area contributed by atoms with E-state index in [4.69, 9.17) is 4.74 Å². The Labute approximate surface area is 102 Å². The van der Waals surface area contributed by atoms with Gasteiger partial charge in [0, 0.05) is 13.5 Å². The number of carbonyl (C=O) groups excluding carboxylic acids is 1. The van der Waals surface area contributed by atoms with Crippen molar-refractivity contribution in [3.05, 3.63) is 29.3 Å². The lowest BCUT2D eigenvalue weighted by molar-refractivity contribution is -0.122. The van der Waals surface area contributed by atoms with Gasteiger partial charge in [0.15, 0.2) is 0 Å². The highest BCUT2D eigenvalue weighted by atomic mass is 16.5. The lowest BCUT2D eigenvalue weighted by atomic mass is 10.1. The standard InChI is InChI=1S/C13H20N2O2/c1-10-9-11(7-8-12(10)17-3)5-4-6-13(16)15-14-2/h7-9,14H,4-6H2,1-3H3,(H,15,16). The maximum atomic E-state index is 11.2. The van der Waals surface area contributed by atoms with Gasteiger partial charge in [-0.15, -0.1) is 0 Å². The molecule has 0 radical (unpaired) electrons. The summed E-state index contributed by atoms with van der Waals surface area (Å²) >= 11 is 0. The summed E-state index contributed by atoms with van der Waals surface area (Å²) in [5.74, 6) is 0.930. The fourth-order valence-electron chi connectivity index (χ4n) is 1.75. The van der Waals surface area contributed by atoms with Crippen LogP contribution >= 0.6 is 0 Å². The first-order valence-corrected chi connectivity index (χ1v) is 5.76. The molecule has 1 amide bonds. The minimum Gasteiger partial charge on any atom is -0.496 e. The second kappa shape index (κ2) is 6.91. The maximum absolute atomic E-state index is 11.2. The molecular weight excluding hydrogens is 216 g/mol. The van der Waals surface area contributed by atoms with E-state index < -0.39 is 0 Å². The number of nitrogens with one attached hydrogen (secondary N) is 2. The second-order valence-electron chi connectivity index (χ2n) is 3.96. The zero-order valence-electron chi connectivity index (χ0n) is 10.7. The number of hydrogen-bond acceptors (Lipinski definition) is 3. The summed E-state index contributed by atoms with van der Waals surface area (Å²) in [7, 11) is 3.36. The van der Waals surface area contributed by atoms with E-state index in [1.165, 1.54) is 5.56 Å². The van der Waals surface area contributed by atoms with Crippen molar-refractivity contribution in [2.24, 2.45) is 0 Å². The third kappa shape index (κ3) is 4.44. The zero-order chi connectivity index (χ0) is 12.7. The largest absolute Gasteiger partial charge is 0.496 e. The van der Waals surface area contributed by atoms with E-state index in [1.807, 2.05) is 19.1 Å². The molecule has 0 atom stereocenters. The Bertz CT molecular complexity index is 378. The lowest BCUT2D eigenvalue weighted by Gasteiger charge is -2.07. The van der Waals surface area contributed by atoms with E-state index in [1.54, 1.807) is 14.2 Å². The van der Waals surface area contributed by atoms with Crippen LogP contribution in [0.2, 0.25) is 0 Å². The monoisotopic (exact) mass is 236 g/mol. The molecule has 0 heterocycles. The molecule has 0 fully saturated rings. The maximum Gasteiger partial charge on any atom is 0.234 e.